The summed E-state index contributed by atoms with van der Waals surface area (Å²) in [5, 5.41) is 45.1. The number of para-hydroxylation sites is 2. The number of hydrogen-bond donors (Lipinski definition) is 4. The maximum absolute atomic E-state index is 14.1. The molecule has 3 unspecified atom stereocenters. The summed E-state index contributed by atoms with van der Waals surface area (Å²) >= 11 is 0. The molecule has 3 atom stereocenters. The summed E-state index contributed by atoms with van der Waals surface area (Å²) in [6.45, 7) is 1.80. The molecule has 0 fully saturated rings. The van der Waals surface area contributed by atoms with E-state index in [4.69, 9.17) is 4.42 Å². The van der Waals surface area contributed by atoms with Gasteiger partial charge in [-0.3, -0.25) is 29.3 Å². The van der Waals surface area contributed by atoms with Crippen LogP contribution in [0.2, 0.25) is 0 Å². The van der Waals surface area contributed by atoms with E-state index < -0.39 is 59.4 Å². The number of nitrogens with zero attached hydrogens (tertiary/aromatic N) is 2. The number of furan rings is 1. The minimum Gasteiger partial charge on any atom is -0.506 e. The first kappa shape index (κ1) is 35.8. The summed E-state index contributed by atoms with van der Waals surface area (Å²) < 4.78 is 5.92. The number of carboxylic acids is 2. The number of benzene rings is 4. The van der Waals surface area contributed by atoms with Crippen molar-refractivity contribution in [2.75, 3.05) is 5.32 Å². The maximum Gasteiger partial charge on any atom is 0.307 e. The van der Waals surface area contributed by atoms with Gasteiger partial charge in [-0.1, -0.05) is 60.7 Å². The number of carbonyl (C=O) groups excluding carboxylic acids is 2. The predicted molar refractivity (Wildman–Crippen MR) is 186 cm³/mol. The molecule has 262 valence electrons. The quantitative estimate of drug-likeness (QED) is 0.0525. The Morgan fingerprint density at radius 1 is 0.863 bits per heavy atom. The Morgan fingerprint density at radius 3 is 2.22 bits per heavy atom. The van der Waals surface area contributed by atoms with Gasteiger partial charge in [-0.15, -0.1) is 0 Å². The number of fused-ring (bicyclic) bond motifs is 1. The number of carboxylic acid groups (broad SMARTS) is 2. The maximum atomic E-state index is 14.1. The molecule has 0 aliphatic rings. The third-order valence-electron chi connectivity index (χ3n) is 8.74. The van der Waals surface area contributed by atoms with E-state index in [-0.39, 0.29) is 35.9 Å². The minimum atomic E-state index is -1.48. The molecule has 0 saturated heterocycles. The Hall–Kier alpha value is -6.50. The van der Waals surface area contributed by atoms with Crippen molar-refractivity contribution in [1.29, 1.82) is 0 Å². The van der Waals surface area contributed by atoms with Gasteiger partial charge in [0.15, 0.2) is 5.76 Å². The van der Waals surface area contributed by atoms with Gasteiger partial charge in [0, 0.05) is 43.5 Å². The number of carbonyl (C=O) groups is 4. The molecule has 1 heterocycles. The zero-order chi connectivity index (χ0) is 36.7. The van der Waals surface area contributed by atoms with Crippen LogP contribution in [0, 0.1) is 16.0 Å². The van der Waals surface area contributed by atoms with Crippen LogP contribution in [0.4, 0.5) is 11.4 Å². The summed E-state index contributed by atoms with van der Waals surface area (Å²) in [5.41, 5.74) is 1.38. The van der Waals surface area contributed by atoms with E-state index in [1.54, 1.807) is 37.3 Å². The Bertz CT molecular complexity index is 2070. The number of aliphatic carboxylic acids is 2. The number of non-ortho nitro benzene ring substituents is 1. The standard InChI is InChI=1S/C38H35N3O10/c1-23(40(35(43)19-28(38(47)48)20-36(44)45)22-24-10-11-25-6-2-3-7-27(25)18-24)31(26-12-14-29(15-13-26)41(49)50)21-30-16-17-34(51-30)37(46)39-32-8-4-5-9-33(32)42/h2-18,23,28,31,42H,19-22H2,1H3,(H,39,46)(H,44,45)(H,47,48). The van der Waals surface area contributed by atoms with Crippen LogP contribution >= 0.6 is 0 Å². The number of nitro groups is 1. The Balaban J connectivity index is 1.50. The summed E-state index contributed by atoms with van der Waals surface area (Å²) in [6, 6.07) is 27.7. The van der Waals surface area contributed by atoms with Crippen molar-refractivity contribution in [3.05, 3.63) is 136 Å². The number of hydrogen-bond acceptors (Lipinski definition) is 8. The second kappa shape index (κ2) is 15.8. The van der Waals surface area contributed by atoms with E-state index in [0.29, 0.717) is 11.3 Å². The van der Waals surface area contributed by atoms with Gasteiger partial charge in [-0.2, -0.15) is 0 Å². The topological polar surface area (TPSA) is 201 Å². The fourth-order valence-electron chi connectivity index (χ4n) is 6.00. The fourth-order valence-corrected chi connectivity index (χ4v) is 6.00. The van der Waals surface area contributed by atoms with Crippen LogP contribution < -0.4 is 5.32 Å². The molecule has 0 radical (unpaired) electrons. The monoisotopic (exact) mass is 693 g/mol. The van der Waals surface area contributed by atoms with Crippen LogP contribution in [-0.4, -0.2) is 54.9 Å². The number of aromatic hydroxyl groups is 1. The van der Waals surface area contributed by atoms with Crippen LogP contribution in [0.15, 0.2) is 108 Å². The highest BCUT2D eigenvalue weighted by Gasteiger charge is 2.33. The van der Waals surface area contributed by atoms with Crippen molar-refractivity contribution >= 4 is 45.9 Å². The van der Waals surface area contributed by atoms with Gasteiger partial charge in [0.25, 0.3) is 11.6 Å². The van der Waals surface area contributed by atoms with Crippen molar-refractivity contribution < 1.29 is 43.8 Å². The molecule has 4 aromatic carbocycles. The Morgan fingerprint density at radius 2 is 1.55 bits per heavy atom. The van der Waals surface area contributed by atoms with Gasteiger partial charge in [-0.05, 0) is 59.2 Å². The molecule has 0 bridgehead atoms. The third kappa shape index (κ3) is 8.95. The van der Waals surface area contributed by atoms with Crippen molar-refractivity contribution in [2.24, 2.45) is 5.92 Å². The molecular formula is C38H35N3O10. The van der Waals surface area contributed by atoms with Gasteiger partial charge < -0.3 is 30.0 Å². The molecule has 5 rings (SSSR count). The van der Waals surface area contributed by atoms with Gasteiger partial charge in [0.05, 0.1) is 22.9 Å². The number of phenolic OH excluding ortho intramolecular Hbond substituents is 1. The van der Waals surface area contributed by atoms with Crippen LogP contribution in [0.25, 0.3) is 10.8 Å². The largest absolute Gasteiger partial charge is 0.506 e. The van der Waals surface area contributed by atoms with Crippen molar-refractivity contribution in [3.63, 3.8) is 0 Å². The molecule has 2 amide bonds. The minimum absolute atomic E-state index is 0.0418. The zero-order valence-electron chi connectivity index (χ0n) is 27.5. The van der Waals surface area contributed by atoms with Gasteiger partial charge in [-0.25, -0.2) is 0 Å². The lowest BCUT2D eigenvalue weighted by Gasteiger charge is -2.36. The Labute approximate surface area is 291 Å². The van der Waals surface area contributed by atoms with Crippen molar-refractivity contribution in [1.82, 2.24) is 4.90 Å². The first-order valence-corrected chi connectivity index (χ1v) is 16.0. The van der Waals surface area contributed by atoms with E-state index in [2.05, 4.69) is 5.32 Å². The molecule has 5 aromatic rings. The second-order valence-electron chi connectivity index (χ2n) is 12.2. The van der Waals surface area contributed by atoms with Crippen LogP contribution in [0.3, 0.4) is 0 Å². The second-order valence-corrected chi connectivity index (χ2v) is 12.2. The molecule has 51 heavy (non-hydrogen) atoms. The predicted octanol–water partition coefficient (Wildman–Crippen LogP) is 6.61. The fraction of sp³-hybridized carbons (Fsp3) is 0.211. The lowest BCUT2D eigenvalue weighted by atomic mass is 9.86. The lowest BCUT2D eigenvalue weighted by Crippen LogP contribution is -2.43. The molecule has 0 aliphatic heterocycles. The van der Waals surface area contributed by atoms with Crippen LogP contribution in [0.5, 0.6) is 5.75 Å². The lowest BCUT2D eigenvalue weighted by molar-refractivity contribution is -0.384. The van der Waals surface area contributed by atoms with Crippen molar-refractivity contribution in [3.8, 4) is 5.75 Å². The van der Waals surface area contributed by atoms with Crippen LogP contribution in [0.1, 0.15) is 53.1 Å². The van der Waals surface area contributed by atoms with Gasteiger partial charge in [0.2, 0.25) is 5.91 Å². The van der Waals surface area contributed by atoms with Gasteiger partial charge in [0.1, 0.15) is 11.5 Å². The highest BCUT2D eigenvalue weighted by Crippen LogP contribution is 2.32. The molecule has 0 aliphatic carbocycles. The smallest absolute Gasteiger partial charge is 0.307 e. The molecule has 4 N–H and O–H groups in total. The molecule has 0 saturated carbocycles. The SMILES string of the molecule is CC(C(Cc1ccc(C(=O)Nc2ccccc2O)o1)c1ccc([N+](=O)[O-])cc1)N(Cc1ccc2ccccc2c1)C(=O)CC(CC(=O)O)C(=O)O. The normalized spacial score (nSPS) is 12.8. The molecule has 13 nitrogen and oxygen atoms in total. The first-order chi connectivity index (χ1) is 24.4. The van der Waals surface area contributed by atoms with Crippen molar-refractivity contribution in [2.45, 2.75) is 44.7 Å². The number of anilines is 1. The third-order valence-corrected chi connectivity index (χ3v) is 8.74. The summed E-state index contributed by atoms with van der Waals surface area (Å²) in [4.78, 5) is 62.9. The molecular weight excluding hydrogens is 658 g/mol. The number of nitro benzene ring substituents is 1. The number of amides is 2. The highest BCUT2D eigenvalue weighted by atomic mass is 16.6. The van der Waals surface area contributed by atoms with Crippen LogP contribution in [-0.2, 0) is 27.3 Å². The number of nitrogens with one attached hydrogen (secondary N) is 1. The number of phenols is 1. The number of rotatable bonds is 15. The van der Waals surface area contributed by atoms with Gasteiger partial charge >= 0.3 is 11.9 Å². The molecule has 1 aromatic heterocycles. The Kier molecular flexibility index (Phi) is 11.1. The first-order valence-electron chi connectivity index (χ1n) is 16.0. The summed E-state index contributed by atoms with van der Waals surface area (Å²) in [5.74, 6) is -5.89. The van der Waals surface area contributed by atoms with E-state index in [0.717, 1.165) is 16.3 Å². The highest BCUT2D eigenvalue weighted by molar-refractivity contribution is 6.03. The summed E-state index contributed by atoms with van der Waals surface area (Å²) in [6.07, 6.45) is -1.21. The van der Waals surface area contributed by atoms with E-state index in [9.17, 15) is 44.6 Å². The van der Waals surface area contributed by atoms with E-state index in [1.807, 2.05) is 42.5 Å². The average Bonchev–Trinajstić information content (AvgIpc) is 3.58. The summed E-state index contributed by atoms with van der Waals surface area (Å²) in [7, 11) is 0. The molecule has 13 heteroatoms. The molecule has 0 spiro atoms. The van der Waals surface area contributed by atoms with E-state index >= 15 is 0 Å². The van der Waals surface area contributed by atoms with E-state index in [1.165, 1.54) is 35.2 Å². The zero-order valence-corrected chi connectivity index (χ0v) is 27.5. The average molecular weight is 694 g/mol.